The summed E-state index contributed by atoms with van der Waals surface area (Å²) in [6, 6.07) is 20.0. The van der Waals surface area contributed by atoms with Crippen molar-refractivity contribution in [3.63, 3.8) is 0 Å². The molecular weight excluding hydrogens is 594 g/mol. The van der Waals surface area contributed by atoms with Crippen LogP contribution in [0, 0.1) is 0 Å². The second-order valence-corrected chi connectivity index (χ2v) is 11.1. The van der Waals surface area contributed by atoms with Crippen LogP contribution in [0.4, 0.5) is 5.69 Å². The molecule has 0 fully saturated rings. The number of nitrogens with one attached hydrogen (secondary N) is 2. The van der Waals surface area contributed by atoms with E-state index in [0.717, 1.165) is 41.0 Å². The van der Waals surface area contributed by atoms with Gasteiger partial charge < -0.3 is 5.32 Å². The first-order valence-corrected chi connectivity index (χ1v) is 13.4. The monoisotopic (exact) mass is 613 g/mol. The summed E-state index contributed by atoms with van der Waals surface area (Å²) in [5.41, 5.74) is 4.76. The van der Waals surface area contributed by atoms with Crippen LogP contribution in [0.1, 0.15) is 30.9 Å². The molecule has 0 aliphatic carbocycles. The minimum atomic E-state index is -0.305. The maximum absolute atomic E-state index is 12.4. The topological polar surface area (TPSA) is 54.0 Å². The number of fused-ring (bicyclic) bond motifs is 1. The molecule has 0 atom stereocenters. The molecule has 0 saturated heterocycles. The van der Waals surface area contributed by atoms with Crippen LogP contribution in [0.15, 0.2) is 75.7 Å². The van der Waals surface area contributed by atoms with Crippen molar-refractivity contribution in [2.75, 3.05) is 5.32 Å². The lowest BCUT2D eigenvalue weighted by atomic mass is 10.0. The van der Waals surface area contributed by atoms with Crippen LogP contribution in [0.25, 0.3) is 26.9 Å². The molecule has 2 N–H and O–H groups in total. The van der Waals surface area contributed by atoms with E-state index in [1.54, 1.807) is 17.4 Å². The maximum Gasteiger partial charge on any atom is 0.250 e. The van der Waals surface area contributed by atoms with Crippen LogP contribution in [-0.2, 0) is 4.79 Å². The first kappa shape index (κ1) is 24.7. The highest BCUT2D eigenvalue weighted by molar-refractivity contribution is 9.11. The van der Waals surface area contributed by atoms with Crippen LogP contribution in [0.3, 0.4) is 0 Å². The SMILES string of the molecule is CC(C)c1ccc(/C=C/C(=O)NC(=S)Nc2c(Br)cc(Br)cc2-c2nc3ccccc3s2)cc1. The molecule has 3 aromatic carbocycles. The lowest BCUT2D eigenvalue weighted by Crippen LogP contribution is -2.33. The molecule has 4 rings (SSSR count). The number of rotatable bonds is 5. The molecule has 4 nitrogen and oxygen atoms in total. The van der Waals surface area contributed by atoms with Gasteiger partial charge in [0.2, 0.25) is 5.91 Å². The smallest absolute Gasteiger partial charge is 0.250 e. The van der Waals surface area contributed by atoms with Gasteiger partial charge in [0.05, 0.1) is 15.9 Å². The number of para-hydroxylation sites is 1. The predicted molar refractivity (Wildman–Crippen MR) is 154 cm³/mol. The fraction of sp³-hybridized carbons (Fsp3) is 0.115. The number of anilines is 1. The molecule has 4 aromatic rings. The second kappa shape index (κ2) is 10.9. The Bertz CT molecular complexity index is 1360. The van der Waals surface area contributed by atoms with Gasteiger partial charge in [0.15, 0.2) is 5.11 Å². The van der Waals surface area contributed by atoms with Gasteiger partial charge in [-0.25, -0.2) is 4.98 Å². The Morgan fingerprint density at radius 2 is 1.82 bits per heavy atom. The lowest BCUT2D eigenvalue weighted by molar-refractivity contribution is -0.115. The zero-order valence-corrected chi connectivity index (χ0v) is 23.2. The minimum Gasteiger partial charge on any atom is -0.331 e. The van der Waals surface area contributed by atoms with Crippen molar-refractivity contribution < 1.29 is 4.79 Å². The number of hydrogen-bond acceptors (Lipinski definition) is 4. The van der Waals surface area contributed by atoms with E-state index in [2.05, 4.69) is 68.5 Å². The Kier molecular flexibility index (Phi) is 7.93. The van der Waals surface area contributed by atoms with Crippen molar-refractivity contribution >= 4 is 88.4 Å². The molecule has 34 heavy (non-hydrogen) atoms. The molecule has 172 valence electrons. The standard InChI is InChI=1S/C26H21Br2N3OS2/c1-15(2)17-10-7-16(8-11-17)9-12-23(32)30-26(33)31-24-19(13-18(27)14-20(24)28)25-29-21-5-3-4-6-22(21)34-25/h3-15H,1-2H3,(H2,30,31,32,33)/b12-9+. The molecular formula is C26H21Br2N3OS2. The Hall–Kier alpha value is -2.39. The van der Waals surface area contributed by atoms with Crippen LogP contribution < -0.4 is 10.6 Å². The predicted octanol–water partition coefficient (Wildman–Crippen LogP) is 8.14. The van der Waals surface area contributed by atoms with Crippen LogP contribution in [0.5, 0.6) is 0 Å². The third-order valence-corrected chi connectivity index (χ3v) is 7.44. The van der Waals surface area contributed by atoms with E-state index >= 15 is 0 Å². The number of nitrogens with zero attached hydrogens (tertiary/aromatic N) is 1. The van der Waals surface area contributed by atoms with Crippen LogP contribution in [-0.4, -0.2) is 16.0 Å². The number of amides is 1. The van der Waals surface area contributed by atoms with Gasteiger partial charge in [-0.15, -0.1) is 11.3 Å². The Morgan fingerprint density at radius 1 is 1.09 bits per heavy atom. The molecule has 0 aliphatic heterocycles. The van der Waals surface area contributed by atoms with Gasteiger partial charge in [-0.1, -0.05) is 66.2 Å². The van der Waals surface area contributed by atoms with Crippen molar-refractivity contribution in [3.05, 3.63) is 86.8 Å². The largest absolute Gasteiger partial charge is 0.331 e. The third-order valence-electron chi connectivity index (χ3n) is 5.08. The Morgan fingerprint density at radius 3 is 2.53 bits per heavy atom. The lowest BCUT2D eigenvalue weighted by Gasteiger charge is -2.14. The fourth-order valence-corrected chi connectivity index (χ4v) is 5.83. The highest BCUT2D eigenvalue weighted by Crippen LogP contribution is 2.40. The van der Waals surface area contributed by atoms with E-state index < -0.39 is 0 Å². The zero-order valence-electron chi connectivity index (χ0n) is 18.4. The van der Waals surface area contributed by atoms with Crippen molar-refractivity contribution in [1.82, 2.24) is 10.3 Å². The zero-order chi connectivity index (χ0) is 24.2. The van der Waals surface area contributed by atoms with E-state index in [0.29, 0.717) is 5.92 Å². The van der Waals surface area contributed by atoms with Crippen LogP contribution >= 0.6 is 55.4 Å². The number of hydrogen-bond donors (Lipinski definition) is 2. The molecule has 1 aromatic heterocycles. The summed E-state index contributed by atoms with van der Waals surface area (Å²) in [6.07, 6.45) is 3.24. The Labute approximate surface area is 224 Å². The van der Waals surface area contributed by atoms with E-state index in [1.807, 2.05) is 48.5 Å². The van der Waals surface area contributed by atoms with Gasteiger partial charge >= 0.3 is 0 Å². The first-order valence-electron chi connectivity index (χ1n) is 10.5. The number of halogens is 2. The second-order valence-electron chi connectivity index (χ2n) is 7.89. The molecule has 8 heteroatoms. The van der Waals surface area contributed by atoms with Crippen molar-refractivity contribution in [2.24, 2.45) is 0 Å². The fourth-order valence-electron chi connectivity index (χ4n) is 3.32. The van der Waals surface area contributed by atoms with Gasteiger partial charge in [0, 0.05) is 20.6 Å². The quantitative estimate of drug-likeness (QED) is 0.176. The summed E-state index contributed by atoms with van der Waals surface area (Å²) in [5, 5.41) is 6.94. The molecule has 0 aliphatic rings. The normalized spacial score (nSPS) is 11.3. The number of carbonyl (C=O) groups excluding carboxylic acids is 1. The number of benzene rings is 3. The average molecular weight is 615 g/mol. The summed E-state index contributed by atoms with van der Waals surface area (Å²) >= 11 is 14.2. The first-order chi connectivity index (χ1) is 16.3. The summed E-state index contributed by atoms with van der Waals surface area (Å²) in [4.78, 5) is 17.2. The van der Waals surface area contributed by atoms with Gasteiger partial charge in [-0.2, -0.15) is 0 Å². The molecule has 1 amide bonds. The van der Waals surface area contributed by atoms with Gasteiger partial charge in [0.25, 0.3) is 0 Å². The van der Waals surface area contributed by atoms with E-state index in [1.165, 1.54) is 11.6 Å². The maximum atomic E-state index is 12.4. The van der Waals surface area contributed by atoms with E-state index in [4.69, 9.17) is 17.2 Å². The highest BCUT2D eigenvalue weighted by Gasteiger charge is 2.16. The van der Waals surface area contributed by atoms with E-state index in [9.17, 15) is 4.79 Å². The number of aromatic nitrogens is 1. The van der Waals surface area contributed by atoms with Gasteiger partial charge in [-0.3, -0.25) is 10.1 Å². The highest BCUT2D eigenvalue weighted by atomic mass is 79.9. The molecule has 0 unspecified atom stereocenters. The molecule has 0 radical (unpaired) electrons. The third kappa shape index (κ3) is 5.99. The van der Waals surface area contributed by atoms with Crippen molar-refractivity contribution in [1.29, 1.82) is 0 Å². The average Bonchev–Trinajstić information content (AvgIpc) is 3.23. The van der Waals surface area contributed by atoms with Crippen molar-refractivity contribution in [2.45, 2.75) is 19.8 Å². The van der Waals surface area contributed by atoms with Gasteiger partial charge in [-0.05, 0) is 75.5 Å². The number of carbonyl (C=O) groups is 1. The summed E-state index contributed by atoms with van der Waals surface area (Å²) in [5.74, 6) is 0.163. The van der Waals surface area contributed by atoms with Crippen LogP contribution in [0.2, 0.25) is 0 Å². The molecule has 0 saturated carbocycles. The Balaban J connectivity index is 1.50. The molecule has 1 heterocycles. The number of thiazole rings is 1. The van der Waals surface area contributed by atoms with Crippen molar-refractivity contribution in [3.8, 4) is 10.6 Å². The summed E-state index contributed by atoms with van der Waals surface area (Å²) in [7, 11) is 0. The summed E-state index contributed by atoms with van der Waals surface area (Å²) in [6.45, 7) is 4.30. The minimum absolute atomic E-state index is 0.204. The molecule has 0 bridgehead atoms. The number of thiocarbonyl (C=S) groups is 1. The van der Waals surface area contributed by atoms with Gasteiger partial charge in [0.1, 0.15) is 5.01 Å². The summed E-state index contributed by atoms with van der Waals surface area (Å²) < 4.78 is 2.80. The van der Waals surface area contributed by atoms with E-state index in [-0.39, 0.29) is 11.0 Å². The molecule has 0 spiro atoms.